The van der Waals surface area contributed by atoms with Gasteiger partial charge in [-0.2, -0.15) is 0 Å². The maximum absolute atomic E-state index is 12.6. The summed E-state index contributed by atoms with van der Waals surface area (Å²) < 4.78 is 3.98. The molecule has 0 saturated carbocycles. The summed E-state index contributed by atoms with van der Waals surface area (Å²) >= 11 is 6.04. The van der Waals surface area contributed by atoms with Crippen LogP contribution in [0.2, 0.25) is 0 Å². The molecule has 0 fully saturated rings. The van der Waals surface area contributed by atoms with Crippen molar-refractivity contribution in [3.63, 3.8) is 0 Å². The van der Waals surface area contributed by atoms with Crippen LogP contribution in [0.4, 0.5) is 11.4 Å². The molecule has 0 aliphatic heterocycles. The summed E-state index contributed by atoms with van der Waals surface area (Å²) in [6.45, 7) is 0. The molecule has 6 rings (SSSR count). The Bertz CT molecular complexity index is 1600. The lowest BCUT2D eigenvalue weighted by molar-refractivity contribution is -0.114. The minimum absolute atomic E-state index is 0.0927. The molecule has 0 aliphatic rings. The smallest absolute Gasteiger partial charge is 0.234 e. The van der Waals surface area contributed by atoms with Crippen LogP contribution < -0.4 is 10.6 Å². The number of aromatic nitrogens is 2. The molecule has 2 amide bonds. The fraction of sp³-hybridized carbons (Fsp3) is 0.0714. The number of nitrogens with one attached hydrogen (secondary N) is 2. The maximum Gasteiger partial charge on any atom is 0.234 e. The fourth-order valence-corrected chi connectivity index (χ4v) is 7.61. The Morgan fingerprint density at radius 1 is 0.632 bits per heavy atom. The summed E-state index contributed by atoms with van der Waals surface area (Å²) in [7, 11) is 0. The van der Waals surface area contributed by atoms with Gasteiger partial charge in [0.1, 0.15) is 0 Å². The zero-order chi connectivity index (χ0) is 25.9. The van der Waals surface area contributed by atoms with E-state index in [9.17, 15) is 9.59 Å². The zero-order valence-corrected chi connectivity index (χ0v) is 23.1. The third-order valence-corrected chi connectivity index (χ3v) is 9.97. The van der Waals surface area contributed by atoms with Crippen molar-refractivity contribution in [2.75, 3.05) is 22.1 Å². The molecule has 10 heteroatoms. The Morgan fingerprint density at radius 3 is 1.58 bits per heavy atom. The second-order valence-electron chi connectivity index (χ2n) is 8.35. The summed E-state index contributed by atoms with van der Waals surface area (Å²) in [4.78, 5) is 34.3. The van der Waals surface area contributed by atoms with Gasteiger partial charge in [-0.3, -0.25) is 9.59 Å². The Kier molecular flexibility index (Phi) is 7.28. The van der Waals surface area contributed by atoms with Gasteiger partial charge in [-0.05, 0) is 59.3 Å². The summed E-state index contributed by atoms with van der Waals surface area (Å²) in [5, 5.41) is 7.89. The number of benzene rings is 4. The Hall–Kier alpha value is -3.44. The minimum atomic E-state index is -0.0927. The number of amides is 2. The summed E-state index contributed by atoms with van der Waals surface area (Å²) in [6, 6.07) is 27.4. The van der Waals surface area contributed by atoms with E-state index in [1.165, 1.54) is 23.5 Å². The second kappa shape index (κ2) is 11.1. The van der Waals surface area contributed by atoms with Gasteiger partial charge in [-0.1, -0.05) is 59.9 Å². The molecule has 188 valence electrons. The van der Waals surface area contributed by atoms with Gasteiger partial charge in [0.15, 0.2) is 8.68 Å². The highest BCUT2D eigenvalue weighted by molar-refractivity contribution is 8.02. The topological polar surface area (TPSA) is 84.0 Å². The molecule has 0 bridgehead atoms. The highest BCUT2D eigenvalue weighted by Crippen LogP contribution is 2.31. The van der Waals surface area contributed by atoms with E-state index in [4.69, 9.17) is 0 Å². The Morgan fingerprint density at radius 2 is 1.11 bits per heavy atom. The molecule has 0 spiro atoms. The predicted octanol–water partition coefficient (Wildman–Crippen LogP) is 7.52. The molecule has 0 saturated heterocycles. The van der Waals surface area contributed by atoms with Gasteiger partial charge in [-0.25, -0.2) is 9.97 Å². The Balaban J connectivity index is 1.06. The molecule has 0 atom stereocenters. The lowest BCUT2D eigenvalue weighted by Crippen LogP contribution is -2.14. The van der Waals surface area contributed by atoms with Crippen LogP contribution in [0, 0.1) is 0 Å². The van der Waals surface area contributed by atoms with E-state index in [1.807, 2.05) is 84.9 Å². The number of hydrogen-bond donors (Lipinski definition) is 2. The highest BCUT2D eigenvalue weighted by atomic mass is 32.2. The molecule has 2 heterocycles. The minimum Gasteiger partial charge on any atom is -0.325 e. The van der Waals surface area contributed by atoms with Gasteiger partial charge in [0.25, 0.3) is 0 Å². The van der Waals surface area contributed by atoms with E-state index in [-0.39, 0.29) is 23.3 Å². The first-order chi connectivity index (χ1) is 18.6. The van der Waals surface area contributed by atoms with Crippen molar-refractivity contribution in [1.29, 1.82) is 0 Å². The SMILES string of the molecule is O=C(CSc1nc2ccccc2s1)Nc1ccc2ccc(NC(=O)CSc3nc4ccccc4s3)cc2c1. The molecule has 0 radical (unpaired) electrons. The van der Waals surface area contributed by atoms with Crippen LogP contribution in [0.25, 0.3) is 31.2 Å². The van der Waals surface area contributed by atoms with Gasteiger partial charge in [0.05, 0.1) is 31.9 Å². The van der Waals surface area contributed by atoms with Crippen molar-refractivity contribution in [3.05, 3.63) is 84.9 Å². The number of nitrogens with zero attached hydrogens (tertiary/aromatic N) is 2. The number of para-hydroxylation sites is 2. The van der Waals surface area contributed by atoms with E-state index in [1.54, 1.807) is 22.7 Å². The van der Waals surface area contributed by atoms with Crippen LogP contribution in [0.3, 0.4) is 0 Å². The summed E-state index contributed by atoms with van der Waals surface area (Å²) in [5.41, 5.74) is 3.32. The molecule has 2 N–H and O–H groups in total. The summed E-state index contributed by atoms with van der Waals surface area (Å²) in [5.74, 6) is 0.371. The van der Waals surface area contributed by atoms with Crippen molar-refractivity contribution in [1.82, 2.24) is 9.97 Å². The van der Waals surface area contributed by atoms with E-state index in [0.717, 1.165) is 39.9 Å². The standard InChI is InChI=1S/C28H20N4O2S4/c33-25(15-35-27-31-21-5-1-3-7-23(21)37-27)29-19-11-9-17-10-12-20(14-18(17)13-19)30-26(34)16-36-28-32-22-6-2-4-8-24(22)38-28/h1-14H,15-16H2,(H,29,33)(H,30,34). The van der Waals surface area contributed by atoms with Crippen molar-refractivity contribution in [2.24, 2.45) is 0 Å². The highest BCUT2D eigenvalue weighted by Gasteiger charge is 2.10. The van der Waals surface area contributed by atoms with E-state index in [0.29, 0.717) is 11.4 Å². The number of fused-ring (bicyclic) bond motifs is 3. The number of thioether (sulfide) groups is 2. The molecule has 38 heavy (non-hydrogen) atoms. The molecule has 0 unspecified atom stereocenters. The number of carbonyl (C=O) groups is 2. The first kappa shape index (κ1) is 24.9. The largest absolute Gasteiger partial charge is 0.325 e. The second-order valence-corrected chi connectivity index (χ2v) is 12.9. The first-order valence-electron chi connectivity index (χ1n) is 11.7. The monoisotopic (exact) mass is 572 g/mol. The maximum atomic E-state index is 12.6. The Labute approximate surface area is 234 Å². The summed E-state index contributed by atoms with van der Waals surface area (Å²) in [6.07, 6.45) is 0. The van der Waals surface area contributed by atoms with Crippen LogP contribution >= 0.6 is 46.2 Å². The average molecular weight is 573 g/mol. The predicted molar refractivity (Wildman–Crippen MR) is 162 cm³/mol. The van der Waals surface area contributed by atoms with Crippen molar-refractivity contribution in [2.45, 2.75) is 8.68 Å². The van der Waals surface area contributed by atoms with Gasteiger partial charge < -0.3 is 10.6 Å². The third kappa shape index (κ3) is 5.83. The quantitative estimate of drug-likeness (QED) is 0.184. The van der Waals surface area contributed by atoms with Gasteiger partial charge in [-0.15, -0.1) is 22.7 Å². The van der Waals surface area contributed by atoms with E-state index < -0.39 is 0 Å². The number of thiazole rings is 2. The normalized spacial score (nSPS) is 11.3. The molecule has 6 aromatic rings. The van der Waals surface area contributed by atoms with Crippen LogP contribution in [-0.2, 0) is 9.59 Å². The van der Waals surface area contributed by atoms with E-state index >= 15 is 0 Å². The van der Waals surface area contributed by atoms with E-state index in [2.05, 4.69) is 20.6 Å². The molecule has 0 aliphatic carbocycles. The molecule has 4 aromatic carbocycles. The van der Waals surface area contributed by atoms with Crippen molar-refractivity contribution in [3.8, 4) is 0 Å². The molecule has 6 nitrogen and oxygen atoms in total. The zero-order valence-electron chi connectivity index (χ0n) is 19.8. The van der Waals surface area contributed by atoms with Crippen LogP contribution in [0.15, 0.2) is 93.6 Å². The van der Waals surface area contributed by atoms with Crippen molar-refractivity contribution < 1.29 is 9.59 Å². The van der Waals surface area contributed by atoms with Crippen LogP contribution in [0.1, 0.15) is 0 Å². The van der Waals surface area contributed by atoms with Gasteiger partial charge in [0, 0.05) is 11.4 Å². The van der Waals surface area contributed by atoms with Crippen LogP contribution in [-0.4, -0.2) is 33.3 Å². The van der Waals surface area contributed by atoms with Crippen LogP contribution in [0.5, 0.6) is 0 Å². The molecular formula is C28H20N4O2S4. The first-order valence-corrected chi connectivity index (χ1v) is 15.3. The number of hydrogen-bond acceptors (Lipinski definition) is 8. The molecular weight excluding hydrogens is 553 g/mol. The van der Waals surface area contributed by atoms with Gasteiger partial charge in [0.2, 0.25) is 11.8 Å². The lowest BCUT2D eigenvalue weighted by Gasteiger charge is -2.09. The third-order valence-electron chi connectivity index (χ3n) is 5.61. The lowest BCUT2D eigenvalue weighted by atomic mass is 10.1. The van der Waals surface area contributed by atoms with Crippen molar-refractivity contribution >= 4 is 101 Å². The number of carbonyl (C=O) groups excluding carboxylic acids is 2. The van der Waals surface area contributed by atoms with Gasteiger partial charge >= 0.3 is 0 Å². The molecule has 2 aromatic heterocycles. The number of anilines is 2. The number of rotatable bonds is 8. The fourth-order valence-electron chi connectivity index (χ4n) is 3.88. The average Bonchev–Trinajstić information content (AvgIpc) is 3.54.